The van der Waals surface area contributed by atoms with E-state index < -0.39 is 5.41 Å². The number of ketones is 1. The molecule has 0 amide bonds. The number of nitrogens with one attached hydrogen (secondary N) is 1. The van der Waals surface area contributed by atoms with Crippen LogP contribution < -0.4 is 19.5 Å². The van der Waals surface area contributed by atoms with Gasteiger partial charge in [0.25, 0.3) is 5.56 Å². The number of carbonyl (C=O) groups excluding carboxylic acids is 1. The van der Waals surface area contributed by atoms with Crippen molar-refractivity contribution >= 4 is 29.3 Å². The molecular weight excluding hydrogens is 338 g/mol. The van der Waals surface area contributed by atoms with Gasteiger partial charge in [0.2, 0.25) is 0 Å². The van der Waals surface area contributed by atoms with Crippen molar-refractivity contribution in [2.24, 2.45) is 5.41 Å². The van der Waals surface area contributed by atoms with E-state index in [1.54, 1.807) is 13.8 Å². The number of carbonyl (C=O) groups is 1. The van der Waals surface area contributed by atoms with Gasteiger partial charge in [0, 0.05) is 6.08 Å². The summed E-state index contributed by atoms with van der Waals surface area (Å²) in [6, 6.07) is 5.90. The van der Waals surface area contributed by atoms with E-state index in [2.05, 4.69) is 4.98 Å². The van der Waals surface area contributed by atoms with Crippen molar-refractivity contribution in [3.63, 3.8) is 0 Å². The van der Waals surface area contributed by atoms with E-state index in [1.807, 2.05) is 24.3 Å². The monoisotopic (exact) mass is 359 g/mol. The van der Waals surface area contributed by atoms with Gasteiger partial charge in [-0.15, -0.1) is 11.3 Å². The Balaban J connectivity index is 1.97. The Morgan fingerprint density at radius 1 is 1.44 bits per heavy atom. The Bertz CT molecular complexity index is 968. The summed E-state index contributed by atoms with van der Waals surface area (Å²) in [5, 5.41) is 9.27. The molecule has 0 saturated carbocycles. The van der Waals surface area contributed by atoms with E-state index in [0.717, 1.165) is 36.3 Å². The molecule has 0 atom stereocenters. The maximum Gasteiger partial charge on any atom is 0.266 e. The number of thiazole rings is 1. The molecule has 3 rings (SSSR count). The van der Waals surface area contributed by atoms with E-state index in [9.17, 15) is 14.7 Å². The summed E-state index contributed by atoms with van der Waals surface area (Å²) in [4.78, 5) is 27.0. The fourth-order valence-electron chi connectivity index (χ4n) is 2.54. The van der Waals surface area contributed by atoms with Crippen molar-refractivity contribution in [2.75, 3.05) is 13.2 Å². The molecule has 0 spiro atoms. The topological polar surface area (TPSA) is 79.4 Å². The van der Waals surface area contributed by atoms with Gasteiger partial charge in [-0.3, -0.25) is 9.59 Å². The molecule has 0 saturated heterocycles. The number of fused-ring (bicyclic) bond motifs is 1. The predicted octanol–water partition coefficient (Wildman–Crippen LogP) is 0.958. The van der Waals surface area contributed by atoms with Crippen LogP contribution in [-0.4, -0.2) is 29.1 Å². The minimum absolute atomic E-state index is 0.218. The van der Waals surface area contributed by atoms with Crippen LogP contribution in [0.4, 0.5) is 0 Å². The number of aromatic nitrogens is 1. The molecular formula is C19H21NO4S. The van der Waals surface area contributed by atoms with Gasteiger partial charge in [0.15, 0.2) is 5.78 Å². The van der Waals surface area contributed by atoms with Crippen LogP contribution >= 0.6 is 11.3 Å². The second-order valence-corrected chi connectivity index (χ2v) is 7.88. The van der Waals surface area contributed by atoms with Gasteiger partial charge in [-0.05, 0) is 42.2 Å². The quantitative estimate of drug-likeness (QED) is 0.852. The van der Waals surface area contributed by atoms with Crippen molar-refractivity contribution < 1.29 is 14.6 Å². The first-order chi connectivity index (χ1) is 11.9. The average molecular weight is 359 g/mol. The molecule has 2 N–H and O–H groups in total. The van der Waals surface area contributed by atoms with Crippen molar-refractivity contribution in [2.45, 2.75) is 26.7 Å². The SMILES string of the molecule is CC(C)(CO)C(=O)/C=c1\[nH]c(=O)/c(=C/c2ccc3c(c2)CCCO3)s1. The number of aromatic amines is 1. The van der Waals surface area contributed by atoms with Crippen LogP contribution in [0.5, 0.6) is 5.75 Å². The standard InChI is InChI=1S/C19H21NO4S/c1-19(2,11-21)16(22)10-17-20-18(23)15(25-17)9-12-5-6-14-13(8-12)4-3-7-24-14/h5-6,8-10,21H,3-4,7,11H2,1-2H3,(H,20,23)/b15-9-,17-10+. The number of Topliss-reactive ketones (excluding diaryl/α,β-unsaturated/α-hetero) is 1. The molecule has 2 aromatic rings. The largest absolute Gasteiger partial charge is 0.493 e. The Hall–Kier alpha value is -2.18. The van der Waals surface area contributed by atoms with Gasteiger partial charge < -0.3 is 14.8 Å². The highest BCUT2D eigenvalue weighted by Gasteiger charge is 2.24. The summed E-state index contributed by atoms with van der Waals surface area (Å²) in [5.74, 6) is 0.694. The van der Waals surface area contributed by atoms with Crippen LogP contribution in [0.3, 0.4) is 0 Å². The smallest absolute Gasteiger partial charge is 0.266 e. The third-order valence-electron chi connectivity index (χ3n) is 4.24. The Kier molecular flexibility index (Phi) is 4.92. The van der Waals surface area contributed by atoms with Gasteiger partial charge in [-0.2, -0.15) is 0 Å². The Labute approximate surface area is 149 Å². The third kappa shape index (κ3) is 3.91. The van der Waals surface area contributed by atoms with Gasteiger partial charge in [-0.1, -0.05) is 19.9 Å². The number of ether oxygens (including phenoxy) is 1. The number of rotatable bonds is 4. The summed E-state index contributed by atoms with van der Waals surface area (Å²) < 4.78 is 6.63. The van der Waals surface area contributed by atoms with Crippen LogP contribution in [0.1, 0.15) is 31.4 Å². The van der Waals surface area contributed by atoms with Gasteiger partial charge in [-0.25, -0.2) is 0 Å². The highest BCUT2D eigenvalue weighted by Crippen LogP contribution is 2.25. The molecule has 132 valence electrons. The lowest BCUT2D eigenvalue weighted by Crippen LogP contribution is -2.28. The zero-order chi connectivity index (χ0) is 18.0. The van der Waals surface area contributed by atoms with Crippen molar-refractivity contribution in [1.29, 1.82) is 0 Å². The number of H-pyrrole nitrogens is 1. The van der Waals surface area contributed by atoms with E-state index in [-0.39, 0.29) is 17.9 Å². The molecule has 1 aromatic carbocycles. The van der Waals surface area contributed by atoms with E-state index in [4.69, 9.17) is 4.74 Å². The molecule has 2 heterocycles. The number of aryl methyl sites for hydroxylation is 1. The summed E-state index contributed by atoms with van der Waals surface area (Å²) in [6.07, 6.45) is 5.18. The molecule has 25 heavy (non-hydrogen) atoms. The molecule has 6 heteroatoms. The third-order valence-corrected chi connectivity index (χ3v) is 5.20. The highest BCUT2D eigenvalue weighted by molar-refractivity contribution is 7.07. The molecule has 1 aromatic heterocycles. The molecule has 5 nitrogen and oxygen atoms in total. The average Bonchev–Trinajstić information content (AvgIpc) is 2.93. The van der Waals surface area contributed by atoms with Crippen molar-refractivity contribution in [3.8, 4) is 5.75 Å². The Morgan fingerprint density at radius 2 is 2.24 bits per heavy atom. The zero-order valence-corrected chi connectivity index (χ0v) is 15.1. The minimum atomic E-state index is -0.858. The number of hydrogen-bond donors (Lipinski definition) is 2. The molecule has 1 aliphatic heterocycles. The highest BCUT2D eigenvalue weighted by atomic mass is 32.1. The van der Waals surface area contributed by atoms with Gasteiger partial charge in [0.05, 0.1) is 27.8 Å². The van der Waals surface area contributed by atoms with Crippen LogP contribution in [0.25, 0.3) is 12.2 Å². The van der Waals surface area contributed by atoms with Gasteiger partial charge in [0.1, 0.15) is 5.75 Å². The maximum absolute atomic E-state index is 12.2. The van der Waals surface area contributed by atoms with Crippen LogP contribution in [-0.2, 0) is 11.2 Å². The number of aliphatic hydroxyl groups is 1. The molecule has 0 bridgehead atoms. The minimum Gasteiger partial charge on any atom is -0.493 e. The van der Waals surface area contributed by atoms with Crippen LogP contribution in [0.2, 0.25) is 0 Å². The van der Waals surface area contributed by atoms with Crippen molar-refractivity contribution in [3.05, 3.63) is 48.9 Å². The fraction of sp³-hybridized carbons (Fsp3) is 0.368. The summed E-state index contributed by atoms with van der Waals surface area (Å²) in [7, 11) is 0. The Morgan fingerprint density at radius 3 is 3.00 bits per heavy atom. The maximum atomic E-state index is 12.2. The normalized spacial score (nSPS) is 15.8. The zero-order valence-electron chi connectivity index (χ0n) is 14.3. The first-order valence-electron chi connectivity index (χ1n) is 8.23. The lowest BCUT2D eigenvalue weighted by molar-refractivity contribution is -0.122. The fourth-order valence-corrected chi connectivity index (χ4v) is 3.42. The summed E-state index contributed by atoms with van der Waals surface area (Å²) in [6.45, 7) is 3.84. The number of benzene rings is 1. The summed E-state index contributed by atoms with van der Waals surface area (Å²) in [5.41, 5.74) is 1.01. The van der Waals surface area contributed by atoms with E-state index in [0.29, 0.717) is 9.20 Å². The van der Waals surface area contributed by atoms with E-state index in [1.165, 1.54) is 17.4 Å². The lowest BCUT2D eigenvalue weighted by atomic mass is 9.89. The second-order valence-electron chi connectivity index (χ2n) is 6.80. The van der Waals surface area contributed by atoms with Crippen LogP contribution in [0.15, 0.2) is 23.0 Å². The second kappa shape index (κ2) is 6.98. The van der Waals surface area contributed by atoms with Gasteiger partial charge >= 0.3 is 0 Å². The first kappa shape index (κ1) is 17.6. The molecule has 0 radical (unpaired) electrons. The van der Waals surface area contributed by atoms with Crippen LogP contribution in [0, 0.1) is 5.41 Å². The predicted molar refractivity (Wildman–Crippen MR) is 98.4 cm³/mol. The summed E-state index contributed by atoms with van der Waals surface area (Å²) >= 11 is 1.23. The van der Waals surface area contributed by atoms with Crippen molar-refractivity contribution in [1.82, 2.24) is 4.98 Å². The molecule has 0 fully saturated rings. The number of hydrogen-bond acceptors (Lipinski definition) is 5. The molecule has 0 aliphatic carbocycles. The number of aliphatic hydroxyl groups excluding tert-OH is 1. The lowest BCUT2D eigenvalue weighted by Gasteiger charge is -2.17. The first-order valence-corrected chi connectivity index (χ1v) is 9.04. The van der Waals surface area contributed by atoms with E-state index >= 15 is 0 Å². The molecule has 0 unspecified atom stereocenters. The molecule has 1 aliphatic rings.